The maximum absolute atomic E-state index is 15.5. The highest BCUT2D eigenvalue weighted by molar-refractivity contribution is 14.1. The lowest BCUT2D eigenvalue weighted by Gasteiger charge is -2.35. The van der Waals surface area contributed by atoms with E-state index in [9.17, 15) is 13.6 Å². The first-order chi connectivity index (χ1) is 16.8. The van der Waals surface area contributed by atoms with Gasteiger partial charge in [0.2, 0.25) is 11.8 Å². The first-order valence-electron chi connectivity index (χ1n) is 11.9. The minimum absolute atomic E-state index is 0.0439. The van der Waals surface area contributed by atoms with Crippen LogP contribution in [0.1, 0.15) is 49.2 Å². The number of halogens is 4. The van der Waals surface area contributed by atoms with Gasteiger partial charge in [0.15, 0.2) is 12.4 Å². The number of alkyl halides is 3. The van der Waals surface area contributed by atoms with Crippen LogP contribution in [0.15, 0.2) is 16.7 Å². The van der Waals surface area contributed by atoms with Crippen molar-refractivity contribution >= 4 is 28.5 Å². The number of carbonyl (C=O) groups is 1. The normalized spacial score (nSPS) is 23.1. The van der Waals surface area contributed by atoms with Crippen molar-refractivity contribution in [3.05, 3.63) is 33.1 Å². The molecular weight excluding hydrogens is 578 g/mol. The van der Waals surface area contributed by atoms with E-state index in [0.717, 1.165) is 30.8 Å². The number of pyridine rings is 1. The highest BCUT2D eigenvalue weighted by Gasteiger charge is 2.36. The van der Waals surface area contributed by atoms with Crippen LogP contribution in [0.2, 0.25) is 0 Å². The van der Waals surface area contributed by atoms with Crippen LogP contribution >= 0.6 is 22.6 Å². The van der Waals surface area contributed by atoms with E-state index >= 15 is 4.39 Å². The summed E-state index contributed by atoms with van der Waals surface area (Å²) in [6.45, 7) is 1.52. The van der Waals surface area contributed by atoms with Crippen LogP contribution in [-0.4, -0.2) is 70.3 Å². The van der Waals surface area contributed by atoms with Crippen molar-refractivity contribution in [2.45, 2.75) is 69.5 Å². The highest BCUT2D eigenvalue weighted by Crippen LogP contribution is 2.35. The summed E-state index contributed by atoms with van der Waals surface area (Å²) in [5, 5.41) is 6.68. The fourth-order valence-corrected chi connectivity index (χ4v) is 5.05. The van der Waals surface area contributed by atoms with Crippen molar-refractivity contribution in [3.63, 3.8) is 0 Å². The standard InChI is InChI=1S/C23H29F3IN5O3/c24-18(25)14-34-21-2-1-15-5-10-32(11-6-17(15)29-21)12-9-23(26)7-3-16(4-8-23)28-20(33)13-19-30-22(27)35-31-19/h1-2,16,18H,3-14H2,(H,28,33)/t16-,23+. The molecule has 4 rings (SSSR count). The van der Waals surface area contributed by atoms with Crippen molar-refractivity contribution in [2.75, 3.05) is 26.2 Å². The second kappa shape index (κ2) is 11.8. The maximum Gasteiger partial charge on any atom is 0.287 e. The van der Waals surface area contributed by atoms with Gasteiger partial charge in [-0.05, 0) is 44.1 Å². The number of rotatable bonds is 9. The molecule has 0 aromatic carbocycles. The molecule has 3 heterocycles. The van der Waals surface area contributed by atoms with E-state index in [-0.39, 0.29) is 24.2 Å². The van der Waals surface area contributed by atoms with Crippen LogP contribution in [0, 0.1) is 3.90 Å². The van der Waals surface area contributed by atoms with Gasteiger partial charge < -0.3 is 19.5 Å². The molecule has 192 valence electrons. The van der Waals surface area contributed by atoms with Gasteiger partial charge in [-0.15, -0.1) is 0 Å². The largest absolute Gasteiger partial charge is 0.472 e. The first-order valence-corrected chi connectivity index (χ1v) is 12.9. The number of nitrogens with one attached hydrogen (secondary N) is 1. The molecular formula is C23H29F3IN5O3. The highest BCUT2D eigenvalue weighted by atomic mass is 127. The molecule has 1 saturated carbocycles. The second-order valence-corrected chi connectivity index (χ2v) is 10.1. The van der Waals surface area contributed by atoms with Crippen molar-refractivity contribution in [1.29, 1.82) is 0 Å². The van der Waals surface area contributed by atoms with E-state index in [0.29, 0.717) is 54.8 Å². The zero-order chi connectivity index (χ0) is 24.8. The molecule has 0 bridgehead atoms. The fraction of sp³-hybridized carbons (Fsp3) is 0.652. The lowest BCUT2D eigenvalue weighted by atomic mass is 9.81. The van der Waals surface area contributed by atoms with Crippen molar-refractivity contribution in [3.8, 4) is 5.88 Å². The monoisotopic (exact) mass is 607 g/mol. The molecule has 12 heteroatoms. The Labute approximate surface area is 215 Å². The lowest BCUT2D eigenvalue weighted by Crippen LogP contribution is -2.43. The summed E-state index contributed by atoms with van der Waals surface area (Å²) in [4.78, 5) is 22.9. The fourth-order valence-electron chi connectivity index (χ4n) is 4.68. The van der Waals surface area contributed by atoms with Gasteiger partial charge in [0, 0.05) is 66.4 Å². The molecule has 0 atom stereocenters. The van der Waals surface area contributed by atoms with Crippen LogP contribution in [0.4, 0.5) is 13.2 Å². The van der Waals surface area contributed by atoms with Gasteiger partial charge in [-0.25, -0.2) is 18.2 Å². The molecule has 1 aliphatic carbocycles. The molecule has 0 spiro atoms. The number of fused-ring (bicyclic) bond motifs is 1. The summed E-state index contributed by atoms with van der Waals surface area (Å²) in [5.74, 6) is 0.379. The van der Waals surface area contributed by atoms with Crippen molar-refractivity contribution in [1.82, 2.24) is 25.3 Å². The maximum atomic E-state index is 15.5. The first kappa shape index (κ1) is 26.1. The van der Waals surface area contributed by atoms with Crippen molar-refractivity contribution < 1.29 is 27.2 Å². The van der Waals surface area contributed by atoms with E-state index in [1.54, 1.807) is 6.07 Å². The number of amides is 1. The Bertz CT molecular complexity index is 1000. The topological polar surface area (TPSA) is 93.4 Å². The quantitative estimate of drug-likeness (QED) is 0.437. The van der Waals surface area contributed by atoms with Gasteiger partial charge in [-0.3, -0.25) is 4.79 Å². The van der Waals surface area contributed by atoms with E-state index in [1.165, 1.54) is 0 Å². The third-order valence-corrected chi connectivity index (χ3v) is 7.09. The molecule has 2 aromatic rings. The lowest BCUT2D eigenvalue weighted by molar-refractivity contribution is -0.121. The van der Waals surface area contributed by atoms with Gasteiger partial charge >= 0.3 is 0 Å². The predicted octanol–water partition coefficient (Wildman–Crippen LogP) is 3.51. The van der Waals surface area contributed by atoms with Gasteiger partial charge in [-0.2, -0.15) is 4.98 Å². The van der Waals surface area contributed by atoms with E-state index < -0.39 is 18.7 Å². The molecule has 0 saturated heterocycles. The molecule has 1 aliphatic heterocycles. The molecule has 2 aromatic heterocycles. The Balaban J connectivity index is 1.19. The Morgan fingerprint density at radius 2 is 2.03 bits per heavy atom. The van der Waals surface area contributed by atoms with E-state index in [2.05, 4.69) is 25.3 Å². The van der Waals surface area contributed by atoms with Gasteiger partial charge in [-0.1, -0.05) is 11.2 Å². The second-order valence-electron chi connectivity index (χ2n) is 9.18. The molecule has 0 radical (unpaired) electrons. The molecule has 1 amide bonds. The summed E-state index contributed by atoms with van der Waals surface area (Å²) in [6.07, 6.45) is 1.45. The Morgan fingerprint density at radius 3 is 2.74 bits per heavy atom. The number of hydrogen-bond donors (Lipinski definition) is 1. The van der Waals surface area contributed by atoms with E-state index in [4.69, 9.17) is 9.26 Å². The average Bonchev–Trinajstić information content (AvgIpc) is 3.12. The molecule has 1 fully saturated rings. The SMILES string of the molecule is O=C(Cc1noc(I)n1)N[C@H]1CC[C@](F)(CCN2CCc3ccc(OCC(F)F)nc3CC2)CC1. The van der Waals surface area contributed by atoms with Gasteiger partial charge in [0.1, 0.15) is 5.67 Å². The third-order valence-electron chi connectivity index (χ3n) is 6.65. The van der Waals surface area contributed by atoms with Crippen LogP contribution in [0.5, 0.6) is 5.88 Å². The summed E-state index contributed by atoms with van der Waals surface area (Å²) in [7, 11) is 0. The van der Waals surface area contributed by atoms with Crippen LogP contribution < -0.4 is 10.1 Å². The summed E-state index contributed by atoms with van der Waals surface area (Å²) >= 11 is 1.89. The number of hydrogen-bond acceptors (Lipinski definition) is 7. The summed E-state index contributed by atoms with van der Waals surface area (Å²) in [6, 6.07) is 3.48. The number of carbonyl (C=O) groups excluding carboxylic acids is 1. The van der Waals surface area contributed by atoms with Crippen LogP contribution in [0.3, 0.4) is 0 Å². The Morgan fingerprint density at radius 1 is 1.26 bits per heavy atom. The summed E-state index contributed by atoms with van der Waals surface area (Å²) < 4.78 is 50.6. The number of nitrogens with zero attached hydrogens (tertiary/aromatic N) is 4. The Kier molecular flexibility index (Phi) is 8.84. The Hall–Kier alpha value is -1.96. The minimum Gasteiger partial charge on any atom is -0.472 e. The minimum atomic E-state index is -2.54. The molecule has 0 unspecified atom stereocenters. The third kappa shape index (κ3) is 7.76. The van der Waals surface area contributed by atoms with Crippen LogP contribution in [0.25, 0.3) is 0 Å². The average molecular weight is 607 g/mol. The smallest absolute Gasteiger partial charge is 0.287 e. The molecule has 8 nitrogen and oxygen atoms in total. The summed E-state index contributed by atoms with van der Waals surface area (Å²) in [5.41, 5.74) is 0.707. The number of ether oxygens (including phenoxy) is 1. The zero-order valence-electron chi connectivity index (χ0n) is 19.3. The zero-order valence-corrected chi connectivity index (χ0v) is 21.5. The van der Waals surface area contributed by atoms with Gasteiger partial charge in [0.25, 0.3) is 10.3 Å². The van der Waals surface area contributed by atoms with Crippen LogP contribution in [-0.2, 0) is 24.1 Å². The molecule has 35 heavy (non-hydrogen) atoms. The number of aromatic nitrogens is 3. The molecule has 1 N–H and O–H groups in total. The van der Waals surface area contributed by atoms with E-state index in [1.807, 2.05) is 28.7 Å². The van der Waals surface area contributed by atoms with Gasteiger partial charge in [0.05, 0.1) is 6.42 Å². The predicted molar refractivity (Wildman–Crippen MR) is 129 cm³/mol. The molecule has 2 aliphatic rings. The van der Waals surface area contributed by atoms with Crippen molar-refractivity contribution in [2.24, 2.45) is 0 Å².